The standard InChI is InChI=1S/C14H21ClN2O4S/c1-11(21-13-7-5-12(15)6-8-13)14(18)16(2)9-10-17(3)22(4,19)20/h5-8,11H,9-10H2,1-4H3/t11-/m0/s1. The number of hydrogen-bond acceptors (Lipinski definition) is 4. The summed E-state index contributed by atoms with van der Waals surface area (Å²) in [4.78, 5) is 13.6. The summed E-state index contributed by atoms with van der Waals surface area (Å²) in [6.45, 7) is 2.17. The average molecular weight is 349 g/mol. The zero-order valence-corrected chi connectivity index (χ0v) is 14.7. The maximum Gasteiger partial charge on any atom is 0.263 e. The van der Waals surface area contributed by atoms with Gasteiger partial charge in [-0.2, -0.15) is 0 Å². The van der Waals surface area contributed by atoms with E-state index in [9.17, 15) is 13.2 Å². The predicted octanol–water partition coefficient (Wildman–Crippen LogP) is 1.46. The molecule has 1 rings (SSSR count). The number of carbonyl (C=O) groups is 1. The highest BCUT2D eigenvalue weighted by molar-refractivity contribution is 7.88. The van der Waals surface area contributed by atoms with Crippen molar-refractivity contribution in [3.05, 3.63) is 29.3 Å². The molecule has 0 saturated heterocycles. The Balaban J connectivity index is 2.53. The fourth-order valence-corrected chi connectivity index (χ4v) is 2.18. The molecule has 1 aromatic rings. The third-order valence-electron chi connectivity index (χ3n) is 3.17. The molecular weight excluding hydrogens is 328 g/mol. The van der Waals surface area contributed by atoms with Gasteiger partial charge in [0, 0.05) is 32.2 Å². The van der Waals surface area contributed by atoms with Crippen LogP contribution in [0.2, 0.25) is 5.02 Å². The number of rotatable bonds is 7. The number of halogens is 1. The van der Waals surface area contributed by atoms with Crippen molar-refractivity contribution in [2.75, 3.05) is 33.4 Å². The summed E-state index contributed by atoms with van der Waals surface area (Å²) in [6, 6.07) is 6.73. The molecule has 1 amide bonds. The van der Waals surface area contributed by atoms with Gasteiger partial charge in [-0.05, 0) is 31.2 Å². The number of ether oxygens (including phenoxy) is 1. The van der Waals surface area contributed by atoms with E-state index in [1.54, 1.807) is 38.2 Å². The first-order chi connectivity index (χ1) is 10.1. The number of amides is 1. The maximum absolute atomic E-state index is 12.2. The van der Waals surface area contributed by atoms with Crippen molar-refractivity contribution in [1.82, 2.24) is 9.21 Å². The summed E-state index contributed by atoms with van der Waals surface area (Å²) in [6.07, 6.45) is 0.455. The highest BCUT2D eigenvalue weighted by atomic mass is 35.5. The molecule has 0 N–H and O–H groups in total. The first-order valence-electron chi connectivity index (χ1n) is 6.69. The topological polar surface area (TPSA) is 66.9 Å². The molecule has 0 spiro atoms. The van der Waals surface area contributed by atoms with Crippen LogP contribution in [0.15, 0.2) is 24.3 Å². The fourth-order valence-electron chi connectivity index (χ4n) is 1.64. The summed E-state index contributed by atoms with van der Waals surface area (Å²) < 4.78 is 29.3. The molecule has 0 unspecified atom stereocenters. The van der Waals surface area contributed by atoms with Gasteiger partial charge in [-0.25, -0.2) is 12.7 Å². The van der Waals surface area contributed by atoms with Crippen molar-refractivity contribution >= 4 is 27.5 Å². The van der Waals surface area contributed by atoms with Gasteiger partial charge in [0.1, 0.15) is 5.75 Å². The van der Waals surface area contributed by atoms with E-state index in [0.29, 0.717) is 10.8 Å². The van der Waals surface area contributed by atoms with Crippen molar-refractivity contribution < 1.29 is 17.9 Å². The number of likely N-dealkylation sites (N-methyl/N-ethyl adjacent to an activating group) is 2. The highest BCUT2D eigenvalue weighted by Crippen LogP contribution is 2.17. The van der Waals surface area contributed by atoms with Gasteiger partial charge in [0.2, 0.25) is 10.0 Å². The number of hydrogen-bond donors (Lipinski definition) is 0. The molecule has 1 aromatic carbocycles. The molecule has 0 bridgehead atoms. The van der Waals surface area contributed by atoms with Crippen LogP contribution >= 0.6 is 11.6 Å². The molecular formula is C14H21ClN2O4S. The van der Waals surface area contributed by atoms with E-state index < -0.39 is 16.1 Å². The Morgan fingerprint density at radius 2 is 1.77 bits per heavy atom. The van der Waals surface area contributed by atoms with Crippen LogP contribution in [0.1, 0.15) is 6.92 Å². The van der Waals surface area contributed by atoms with Crippen LogP contribution in [0.4, 0.5) is 0 Å². The second-order valence-corrected chi connectivity index (χ2v) is 7.58. The number of nitrogens with zero attached hydrogens (tertiary/aromatic N) is 2. The molecule has 6 nitrogen and oxygen atoms in total. The average Bonchev–Trinajstić information content (AvgIpc) is 2.44. The van der Waals surface area contributed by atoms with Crippen LogP contribution in [0.25, 0.3) is 0 Å². The Kier molecular flexibility index (Phi) is 6.65. The van der Waals surface area contributed by atoms with Crippen LogP contribution in [-0.4, -0.2) is 63.1 Å². The van der Waals surface area contributed by atoms with Crippen LogP contribution < -0.4 is 4.74 Å². The van der Waals surface area contributed by atoms with Crippen molar-refractivity contribution in [3.8, 4) is 5.75 Å². The molecule has 0 heterocycles. The molecule has 0 aliphatic carbocycles. The van der Waals surface area contributed by atoms with Crippen molar-refractivity contribution in [1.29, 1.82) is 0 Å². The lowest BCUT2D eigenvalue weighted by molar-refractivity contribution is -0.136. The van der Waals surface area contributed by atoms with Gasteiger partial charge in [-0.1, -0.05) is 11.6 Å². The summed E-state index contributed by atoms with van der Waals surface area (Å²) in [5, 5.41) is 0.590. The fraction of sp³-hybridized carbons (Fsp3) is 0.500. The van der Waals surface area contributed by atoms with E-state index in [4.69, 9.17) is 16.3 Å². The summed E-state index contributed by atoms with van der Waals surface area (Å²) >= 11 is 5.78. The Bertz CT molecular complexity index is 604. The zero-order valence-electron chi connectivity index (χ0n) is 13.1. The van der Waals surface area contributed by atoms with Gasteiger partial charge < -0.3 is 9.64 Å². The summed E-state index contributed by atoms with van der Waals surface area (Å²) in [5.74, 6) is 0.323. The largest absolute Gasteiger partial charge is 0.481 e. The molecule has 8 heteroatoms. The van der Waals surface area contributed by atoms with Gasteiger partial charge in [-0.15, -0.1) is 0 Å². The number of sulfonamides is 1. The molecule has 1 atom stereocenters. The van der Waals surface area contributed by atoms with Crippen LogP contribution in [0.3, 0.4) is 0 Å². The van der Waals surface area contributed by atoms with Gasteiger partial charge in [0.25, 0.3) is 5.91 Å². The second kappa shape index (κ2) is 7.80. The Hall–Kier alpha value is -1.31. The predicted molar refractivity (Wildman–Crippen MR) is 86.7 cm³/mol. The minimum Gasteiger partial charge on any atom is -0.481 e. The molecule has 0 aromatic heterocycles. The number of carbonyl (C=O) groups excluding carboxylic acids is 1. The smallest absolute Gasteiger partial charge is 0.263 e. The molecule has 0 radical (unpaired) electrons. The summed E-state index contributed by atoms with van der Waals surface area (Å²) in [5.41, 5.74) is 0. The van der Waals surface area contributed by atoms with E-state index in [0.717, 1.165) is 6.26 Å². The highest BCUT2D eigenvalue weighted by Gasteiger charge is 2.20. The number of benzene rings is 1. The van der Waals surface area contributed by atoms with Gasteiger partial charge in [0.05, 0.1) is 6.26 Å². The lowest BCUT2D eigenvalue weighted by atomic mass is 10.3. The lowest BCUT2D eigenvalue weighted by Crippen LogP contribution is -2.42. The van der Waals surface area contributed by atoms with Crippen LogP contribution in [0, 0.1) is 0 Å². The van der Waals surface area contributed by atoms with Gasteiger partial charge in [0.15, 0.2) is 6.10 Å². The van der Waals surface area contributed by atoms with E-state index in [-0.39, 0.29) is 19.0 Å². The minimum absolute atomic E-state index is 0.225. The van der Waals surface area contributed by atoms with Crippen molar-refractivity contribution in [2.24, 2.45) is 0 Å². The SMILES string of the molecule is C[C@H](Oc1ccc(Cl)cc1)C(=O)N(C)CCN(C)S(C)(=O)=O. The van der Waals surface area contributed by atoms with Crippen LogP contribution in [0.5, 0.6) is 5.75 Å². The Morgan fingerprint density at radius 3 is 2.27 bits per heavy atom. The van der Waals surface area contributed by atoms with Gasteiger partial charge >= 0.3 is 0 Å². The van der Waals surface area contributed by atoms with Crippen molar-refractivity contribution in [3.63, 3.8) is 0 Å². The Labute approximate surface area is 136 Å². The molecule has 0 aliphatic heterocycles. The van der Waals surface area contributed by atoms with E-state index >= 15 is 0 Å². The normalized spacial score (nSPS) is 13.0. The molecule has 124 valence electrons. The molecule has 0 fully saturated rings. The molecule has 22 heavy (non-hydrogen) atoms. The maximum atomic E-state index is 12.2. The van der Waals surface area contributed by atoms with Crippen molar-refractivity contribution in [2.45, 2.75) is 13.0 Å². The van der Waals surface area contributed by atoms with Crippen LogP contribution in [-0.2, 0) is 14.8 Å². The third-order valence-corrected chi connectivity index (χ3v) is 4.73. The summed E-state index contributed by atoms with van der Waals surface area (Å²) in [7, 11) is -0.161. The zero-order chi connectivity index (χ0) is 16.9. The first kappa shape index (κ1) is 18.7. The van der Waals surface area contributed by atoms with E-state index in [2.05, 4.69) is 0 Å². The quantitative estimate of drug-likeness (QED) is 0.748. The minimum atomic E-state index is -3.25. The first-order valence-corrected chi connectivity index (χ1v) is 8.92. The lowest BCUT2D eigenvalue weighted by Gasteiger charge is -2.24. The van der Waals surface area contributed by atoms with Gasteiger partial charge in [-0.3, -0.25) is 4.79 Å². The second-order valence-electron chi connectivity index (χ2n) is 5.06. The van der Waals surface area contributed by atoms with E-state index in [1.165, 1.54) is 16.3 Å². The van der Waals surface area contributed by atoms with E-state index in [1.807, 2.05) is 0 Å². The monoisotopic (exact) mass is 348 g/mol. The molecule has 0 saturated carbocycles. The third kappa shape index (κ3) is 5.82. The molecule has 0 aliphatic rings. The Morgan fingerprint density at radius 1 is 1.23 bits per heavy atom.